The maximum absolute atomic E-state index is 5.94. The Kier molecular flexibility index (Phi) is 3.67. The van der Waals surface area contributed by atoms with Gasteiger partial charge in [0, 0.05) is 18.0 Å². The molecule has 1 unspecified atom stereocenters. The van der Waals surface area contributed by atoms with Crippen molar-refractivity contribution in [2.45, 2.75) is 50.1 Å². The van der Waals surface area contributed by atoms with Crippen LogP contribution in [0.4, 0.5) is 0 Å². The first-order valence-corrected chi connectivity index (χ1v) is 7.37. The van der Waals surface area contributed by atoms with Crippen molar-refractivity contribution in [3.63, 3.8) is 0 Å². The lowest BCUT2D eigenvalue weighted by atomic mass is 9.86. The van der Waals surface area contributed by atoms with Gasteiger partial charge in [0.1, 0.15) is 0 Å². The summed E-state index contributed by atoms with van der Waals surface area (Å²) in [7, 11) is 0. The molecule has 2 aliphatic carbocycles. The molecule has 0 bridgehead atoms. The Morgan fingerprint density at radius 2 is 1.78 bits per heavy atom. The molecule has 2 aliphatic rings. The molecule has 0 radical (unpaired) electrons. The van der Waals surface area contributed by atoms with Gasteiger partial charge in [0.25, 0.3) is 0 Å². The van der Waals surface area contributed by atoms with Crippen LogP contribution in [0.2, 0.25) is 0 Å². The van der Waals surface area contributed by atoms with E-state index in [1.165, 1.54) is 44.2 Å². The predicted octanol–water partition coefficient (Wildman–Crippen LogP) is 2.65. The summed E-state index contributed by atoms with van der Waals surface area (Å²) in [6.45, 7) is 1.20. The number of hydrogen-bond acceptors (Lipinski definition) is 2. The van der Waals surface area contributed by atoms with Gasteiger partial charge < -0.3 is 11.1 Å². The molecule has 0 spiro atoms. The number of hydrogen-bond donors (Lipinski definition) is 2. The highest BCUT2D eigenvalue weighted by Crippen LogP contribution is 2.40. The van der Waals surface area contributed by atoms with Gasteiger partial charge in [-0.15, -0.1) is 0 Å². The van der Waals surface area contributed by atoms with E-state index in [-0.39, 0.29) is 0 Å². The summed E-state index contributed by atoms with van der Waals surface area (Å²) in [5.74, 6) is 1.62. The maximum Gasteiger partial charge on any atom is 0.0143 e. The second-order valence-electron chi connectivity index (χ2n) is 6.05. The van der Waals surface area contributed by atoms with E-state index in [4.69, 9.17) is 5.73 Å². The number of nitrogens with one attached hydrogen (secondary N) is 1. The van der Waals surface area contributed by atoms with Crippen molar-refractivity contribution in [3.05, 3.63) is 35.9 Å². The molecule has 0 saturated heterocycles. The summed E-state index contributed by atoms with van der Waals surface area (Å²) in [6.07, 6.45) is 6.39. The minimum Gasteiger partial charge on any atom is -0.328 e. The van der Waals surface area contributed by atoms with E-state index in [1.807, 2.05) is 0 Å². The number of rotatable bonds is 4. The summed E-state index contributed by atoms with van der Waals surface area (Å²) in [6, 6.07) is 12.1. The Morgan fingerprint density at radius 3 is 2.50 bits per heavy atom. The third-order valence-corrected chi connectivity index (χ3v) is 4.58. The minimum absolute atomic E-state index is 0.472. The van der Waals surface area contributed by atoms with E-state index in [2.05, 4.69) is 35.6 Å². The van der Waals surface area contributed by atoms with Gasteiger partial charge >= 0.3 is 0 Å². The average molecular weight is 244 g/mol. The monoisotopic (exact) mass is 244 g/mol. The Labute approximate surface area is 110 Å². The summed E-state index contributed by atoms with van der Waals surface area (Å²) >= 11 is 0. The van der Waals surface area contributed by atoms with Crippen LogP contribution in [-0.4, -0.2) is 18.6 Å². The van der Waals surface area contributed by atoms with Gasteiger partial charge in [-0.05, 0) is 50.1 Å². The standard InChI is InChI=1S/C16H24N2/c17-14-8-6-12(7-9-14)11-18-16-10-15(16)13-4-2-1-3-5-13/h1-5,12,14-16,18H,6-11,17H2/t12?,14?,15-,16?/m1/s1. The molecule has 3 rings (SSSR count). The first-order valence-electron chi connectivity index (χ1n) is 7.37. The van der Waals surface area contributed by atoms with Crippen molar-refractivity contribution in [2.24, 2.45) is 11.7 Å². The second-order valence-corrected chi connectivity index (χ2v) is 6.05. The third kappa shape index (κ3) is 2.93. The van der Waals surface area contributed by atoms with Crippen molar-refractivity contribution in [2.75, 3.05) is 6.54 Å². The van der Waals surface area contributed by atoms with Crippen LogP contribution in [-0.2, 0) is 0 Å². The van der Waals surface area contributed by atoms with Gasteiger partial charge in [0.15, 0.2) is 0 Å². The molecule has 1 aromatic carbocycles. The summed E-state index contributed by atoms with van der Waals surface area (Å²) in [4.78, 5) is 0. The van der Waals surface area contributed by atoms with Crippen LogP contribution >= 0.6 is 0 Å². The van der Waals surface area contributed by atoms with Crippen molar-refractivity contribution in [1.29, 1.82) is 0 Å². The number of benzene rings is 1. The zero-order valence-corrected chi connectivity index (χ0v) is 11.0. The van der Waals surface area contributed by atoms with E-state index < -0.39 is 0 Å². The third-order valence-electron chi connectivity index (χ3n) is 4.58. The molecule has 3 N–H and O–H groups in total. The molecule has 0 aliphatic heterocycles. The van der Waals surface area contributed by atoms with Gasteiger partial charge in [-0.2, -0.15) is 0 Å². The summed E-state index contributed by atoms with van der Waals surface area (Å²) < 4.78 is 0. The predicted molar refractivity (Wildman–Crippen MR) is 75.5 cm³/mol. The van der Waals surface area contributed by atoms with Gasteiger partial charge in [0.2, 0.25) is 0 Å². The second kappa shape index (κ2) is 5.41. The van der Waals surface area contributed by atoms with Gasteiger partial charge in [-0.3, -0.25) is 0 Å². The zero-order valence-electron chi connectivity index (χ0n) is 11.0. The SMILES string of the molecule is NC1CCC(CNC2C[C@@H]2c2ccccc2)CC1. The van der Waals surface area contributed by atoms with Crippen LogP contribution < -0.4 is 11.1 Å². The molecule has 2 nitrogen and oxygen atoms in total. The molecule has 98 valence electrons. The largest absolute Gasteiger partial charge is 0.328 e. The van der Waals surface area contributed by atoms with E-state index in [1.54, 1.807) is 0 Å². The Balaban J connectivity index is 1.41. The van der Waals surface area contributed by atoms with Crippen molar-refractivity contribution in [3.8, 4) is 0 Å². The lowest BCUT2D eigenvalue weighted by Crippen LogP contribution is -2.32. The first kappa shape index (κ1) is 12.2. The molecule has 2 heteroatoms. The van der Waals surface area contributed by atoms with Crippen LogP contribution in [0.1, 0.15) is 43.6 Å². The number of nitrogens with two attached hydrogens (primary N) is 1. The van der Waals surface area contributed by atoms with E-state index in [0.717, 1.165) is 17.9 Å². The molecular formula is C16H24N2. The first-order chi connectivity index (χ1) is 8.83. The lowest BCUT2D eigenvalue weighted by molar-refractivity contribution is 0.313. The van der Waals surface area contributed by atoms with Gasteiger partial charge in [0.05, 0.1) is 0 Å². The van der Waals surface area contributed by atoms with E-state index in [9.17, 15) is 0 Å². The van der Waals surface area contributed by atoms with Crippen LogP contribution in [0.15, 0.2) is 30.3 Å². The molecular weight excluding hydrogens is 220 g/mol. The molecule has 1 aromatic rings. The molecule has 0 aromatic heterocycles. The molecule has 18 heavy (non-hydrogen) atoms. The van der Waals surface area contributed by atoms with Crippen LogP contribution in [0.25, 0.3) is 0 Å². The highest BCUT2D eigenvalue weighted by atomic mass is 15.0. The quantitative estimate of drug-likeness (QED) is 0.854. The Hall–Kier alpha value is -0.860. The fraction of sp³-hybridized carbons (Fsp3) is 0.625. The molecule has 0 amide bonds. The topological polar surface area (TPSA) is 38.0 Å². The summed E-state index contributed by atoms with van der Waals surface area (Å²) in [5, 5.41) is 3.75. The highest BCUT2D eigenvalue weighted by Gasteiger charge is 2.38. The highest BCUT2D eigenvalue weighted by molar-refractivity contribution is 5.27. The fourth-order valence-electron chi connectivity index (χ4n) is 3.20. The average Bonchev–Trinajstić information content (AvgIpc) is 3.19. The lowest BCUT2D eigenvalue weighted by Gasteiger charge is -2.26. The minimum atomic E-state index is 0.472. The van der Waals surface area contributed by atoms with E-state index >= 15 is 0 Å². The molecule has 2 saturated carbocycles. The maximum atomic E-state index is 5.94. The molecule has 0 heterocycles. The van der Waals surface area contributed by atoms with Crippen molar-refractivity contribution in [1.82, 2.24) is 5.32 Å². The summed E-state index contributed by atoms with van der Waals surface area (Å²) in [5.41, 5.74) is 7.44. The van der Waals surface area contributed by atoms with Crippen LogP contribution in [0.3, 0.4) is 0 Å². The van der Waals surface area contributed by atoms with Crippen molar-refractivity contribution < 1.29 is 0 Å². The van der Waals surface area contributed by atoms with Crippen LogP contribution in [0, 0.1) is 5.92 Å². The normalized spacial score (nSPS) is 35.4. The Bertz CT molecular complexity index is 368. The van der Waals surface area contributed by atoms with Gasteiger partial charge in [-0.1, -0.05) is 30.3 Å². The van der Waals surface area contributed by atoms with E-state index in [0.29, 0.717) is 6.04 Å². The van der Waals surface area contributed by atoms with Crippen molar-refractivity contribution >= 4 is 0 Å². The zero-order chi connectivity index (χ0) is 12.4. The fourth-order valence-corrected chi connectivity index (χ4v) is 3.20. The smallest absolute Gasteiger partial charge is 0.0143 e. The molecule has 2 fully saturated rings. The molecule has 2 atom stereocenters. The van der Waals surface area contributed by atoms with Crippen LogP contribution in [0.5, 0.6) is 0 Å². The Morgan fingerprint density at radius 1 is 1.06 bits per heavy atom. The van der Waals surface area contributed by atoms with Gasteiger partial charge in [-0.25, -0.2) is 0 Å².